The summed E-state index contributed by atoms with van der Waals surface area (Å²) < 4.78 is 26.2. The van der Waals surface area contributed by atoms with Gasteiger partial charge in [0.2, 0.25) is 0 Å². The van der Waals surface area contributed by atoms with Gasteiger partial charge in [-0.05, 0) is 13.0 Å². The van der Waals surface area contributed by atoms with Crippen LogP contribution in [0.5, 0.6) is 0 Å². The van der Waals surface area contributed by atoms with Crippen LogP contribution in [0.1, 0.15) is 12.5 Å². The molecule has 1 N–H and O–H groups in total. The number of rotatable bonds is 2. The maximum atomic E-state index is 13.4. The maximum absolute atomic E-state index is 13.4. The SMILES string of the molecule is CN=C(C)c1c(F)cc(F)cc1NC. The second-order valence-corrected chi connectivity index (χ2v) is 2.87. The first-order valence-electron chi connectivity index (χ1n) is 4.20. The number of nitrogens with one attached hydrogen (secondary N) is 1. The van der Waals surface area contributed by atoms with Gasteiger partial charge in [-0.1, -0.05) is 0 Å². The molecule has 14 heavy (non-hydrogen) atoms. The number of nitrogens with zero attached hydrogens (tertiary/aromatic N) is 1. The fourth-order valence-corrected chi connectivity index (χ4v) is 1.25. The third-order valence-electron chi connectivity index (χ3n) is 2.02. The number of aliphatic imine (C=N–C) groups is 1. The first-order valence-corrected chi connectivity index (χ1v) is 4.20. The molecule has 2 nitrogen and oxygen atoms in total. The van der Waals surface area contributed by atoms with Gasteiger partial charge in [0, 0.05) is 31.6 Å². The van der Waals surface area contributed by atoms with Crippen molar-refractivity contribution in [1.29, 1.82) is 0 Å². The second-order valence-electron chi connectivity index (χ2n) is 2.87. The summed E-state index contributed by atoms with van der Waals surface area (Å²) in [5, 5.41) is 2.73. The molecule has 1 aromatic carbocycles. The molecule has 0 spiro atoms. The summed E-state index contributed by atoms with van der Waals surface area (Å²) in [6.07, 6.45) is 0. The van der Waals surface area contributed by atoms with Gasteiger partial charge in [0.15, 0.2) is 0 Å². The van der Waals surface area contributed by atoms with Gasteiger partial charge in [0.05, 0.1) is 5.56 Å². The molecule has 0 aliphatic rings. The first-order chi connectivity index (χ1) is 6.60. The number of hydrogen-bond donors (Lipinski definition) is 1. The lowest BCUT2D eigenvalue weighted by Crippen LogP contribution is -2.05. The number of hydrogen-bond acceptors (Lipinski definition) is 2. The van der Waals surface area contributed by atoms with Crippen LogP contribution in [0.2, 0.25) is 0 Å². The van der Waals surface area contributed by atoms with Crippen LogP contribution in [0.3, 0.4) is 0 Å². The lowest BCUT2D eigenvalue weighted by Gasteiger charge is -2.09. The Balaban J connectivity index is 3.40. The van der Waals surface area contributed by atoms with E-state index in [1.807, 2.05) is 0 Å². The van der Waals surface area contributed by atoms with Crippen molar-refractivity contribution in [1.82, 2.24) is 0 Å². The molecule has 0 bridgehead atoms. The summed E-state index contributed by atoms with van der Waals surface area (Å²) >= 11 is 0. The molecule has 0 aliphatic heterocycles. The van der Waals surface area contributed by atoms with Gasteiger partial charge in [0.1, 0.15) is 11.6 Å². The van der Waals surface area contributed by atoms with E-state index in [9.17, 15) is 8.78 Å². The average molecular weight is 198 g/mol. The summed E-state index contributed by atoms with van der Waals surface area (Å²) in [5.41, 5.74) is 1.26. The molecule has 0 saturated carbocycles. The summed E-state index contributed by atoms with van der Waals surface area (Å²) in [4.78, 5) is 3.87. The van der Waals surface area contributed by atoms with Crippen LogP contribution in [0, 0.1) is 11.6 Å². The van der Waals surface area contributed by atoms with Crippen LogP contribution < -0.4 is 5.32 Å². The number of anilines is 1. The van der Waals surface area contributed by atoms with Crippen LogP contribution in [-0.4, -0.2) is 19.8 Å². The van der Waals surface area contributed by atoms with Gasteiger partial charge in [-0.15, -0.1) is 0 Å². The Hall–Kier alpha value is -1.45. The summed E-state index contributed by atoms with van der Waals surface area (Å²) in [5.74, 6) is -1.20. The molecule has 0 radical (unpaired) electrons. The molecule has 0 heterocycles. The number of halogens is 2. The van der Waals surface area contributed by atoms with Gasteiger partial charge in [-0.25, -0.2) is 8.78 Å². The third kappa shape index (κ3) is 1.89. The van der Waals surface area contributed by atoms with Crippen LogP contribution in [0.4, 0.5) is 14.5 Å². The highest BCUT2D eigenvalue weighted by atomic mass is 19.1. The second kappa shape index (κ2) is 4.17. The van der Waals surface area contributed by atoms with Crippen LogP contribution in [0.15, 0.2) is 17.1 Å². The van der Waals surface area contributed by atoms with Crippen molar-refractivity contribution in [2.45, 2.75) is 6.92 Å². The van der Waals surface area contributed by atoms with Crippen LogP contribution >= 0.6 is 0 Å². The van der Waals surface area contributed by atoms with Crippen molar-refractivity contribution < 1.29 is 8.78 Å². The van der Waals surface area contributed by atoms with Crippen LogP contribution in [-0.2, 0) is 0 Å². The average Bonchev–Trinajstić information content (AvgIpc) is 2.15. The summed E-state index contributed by atoms with van der Waals surface area (Å²) in [6.45, 7) is 1.68. The minimum atomic E-state index is -0.600. The molecule has 0 aliphatic carbocycles. The molecular weight excluding hydrogens is 186 g/mol. The van der Waals surface area contributed by atoms with Crippen molar-refractivity contribution in [2.75, 3.05) is 19.4 Å². The molecule has 0 saturated heterocycles. The van der Waals surface area contributed by atoms with Gasteiger partial charge >= 0.3 is 0 Å². The quantitative estimate of drug-likeness (QED) is 0.725. The topological polar surface area (TPSA) is 24.4 Å². The van der Waals surface area contributed by atoms with E-state index in [0.29, 0.717) is 17.0 Å². The minimum absolute atomic E-state index is 0.316. The van der Waals surface area contributed by atoms with Crippen molar-refractivity contribution in [3.63, 3.8) is 0 Å². The highest BCUT2D eigenvalue weighted by Crippen LogP contribution is 2.21. The van der Waals surface area contributed by atoms with Crippen molar-refractivity contribution in [3.05, 3.63) is 29.3 Å². The summed E-state index contributed by atoms with van der Waals surface area (Å²) in [6, 6.07) is 2.10. The van der Waals surface area contributed by atoms with Crippen molar-refractivity contribution in [3.8, 4) is 0 Å². The Kier molecular flexibility index (Phi) is 3.17. The van der Waals surface area contributed by atoms with Gasteiger partial charge in [-0.3, -0.25) is 4.99 Å². The molecule has 0 fully saturated rings. The Morgan fingerprint density at radius 1 is 1.36 bits per heavy atom. The van der Waals surface area contributed by atoms with E-state index in [-0.39, 0.29) is 0 Å². The molecule has 0 unspecified atom stereocenters. The molecule has 76 valence electrons. The molecule has 0 amide bonds. The zero-order valence-electron chi connectivity index (χ0n) is 8.36. The predicted molar refractivity (Wildman–Crippen MR) is 54.0 cm³/mol. The van der Waals surface area contributed by atoms with Crippen LogP contribution in [0.25, 0.3) is 0 Å². The zero-order chi connectivity index (χ0) is 10.7. The fraction of sp³-hybridized carbons (Fsp3) is 0.300. The Bertz CT molecular complexity index is 373. The molecule has 1 rings (SSSR count). The molecule has 4 heteroatoms. The van der Waals surface area contributed by atoms with E-state index < -0.39 is 11.6 Å². The fourth-order valence-electron chi connectivity index (χ4n) is 1.25. The van der Waals surface area contributed by atoms with E-state index in [1.54, 1.807) is 21.0 Å². The molecule has 1 aromatic rings. The Morgan fingerprint density at radius 3 is 2.50 bits per heavy atom. The van der Waals surface area contributed by atoms with E-state index in [4.69, 9.17) is 0 Å². The highest BCUT2D eigenvalue weighted by molar-refractivity contribution is 6.03. The normalized spacial score (nSPS) is 11.6. The largest absolute Gasteiger partial charge is 0.387 e. The van der Waals surface area contributed by atoms with E-state index in [1.165, 1.54) is 6.07 Å². The maximum Gasteiger partial charge on any atom is 0.137 e. The number of benzene rings is 1. The van der Waals surface area contributed by atoms with Gasteiger partial charge in [-0.2, -0.15) is 0 Å². The molecular formula is C10H12F2N2. The Labute approximate surface area is 81.7 Å². The molecule has 0 atom stereocenters. The summed E-state index contributed by atoms with van der Waals surface area (Å²) in [7, 11) is 3.18. The van der Waals surface area contributed by atoms with E-state index >= 15 is 0 Å². The smallest absolute Gasteiger partial charge is 0.137 e. The van der Waals surface area contributed by atoms with E-state index in [2.05, 4.69) is 10.3 Å². The highest BCUT2D eigenvalue weighted by Gasteiger charge is 2.12. The Morgan fingerprint density at radius 2 is 2.00 bits per heavy atom. The lowest BCUT2D eigenvalue weighted by molar-refractivity contribution is 0.582. The monoisotopic (exact) mass is 198 g/mol. The van der Waals surface area contributed by atoms with Gasteiger partial charge in [0.25, 0.3) is 0 Å². The minimum Gasteiger partial charge on any atom is -0.387 e. The lowest BCUT2D eigenvalue weighted by atomic mass is 10.1. The van der Waals surface area contributed by atoms with Crippen molar-refractivity contribution in [2.24, 2.45) is 4.99 Å². The third-order valence-corrected chi connectivity index (χ3v) is 2.02. The van der Waals surface area contributed by atoms with Gasteiger partial charge < -0.3 is 5.32 Å². The first kappa shape index (κ1) is 10.6. The molecule has 0 aromatic heterocycles. The van der Waals surface area contributed by atoms with Crippen molar-refractivity contribution >= 4 is 11.4 Å². The zero-order valence-corrected chi connectivity index (χ0v) is 8.36. The predicted octanol–water partition coefficient (Wildman–Crippen LogP) is 2.45. The van der Waals surface area contributed by atoms with E-state index in [0.717, 1.165) is 6.07 Å². The standard InChI is InChI=1S/C10H12F2N2/c1-6(13-2)10-8(12)4-7(11)5-9(10)14-3/h4-5,14H,1-3H3.